The molecule has 0 saturated carbocycles. The zero-order valence-corrected chi connectivity index (χ0v) is 15.2. The maximum absolute atomic E-state index is 11.4. The van der Waals surface area contributed by atoms with Crippen LogP contribution < -0.4 is 10.9 Å². The van der Waals surface area contributed by atoms with Crippen molar-refractivity contribution < 1.29 is 4.74 Å². The Kier molecular flexibility index (Phi) is 5.73. The normalized spacial score (nSPS) is 21.2. The van der Waals surface area contributed by atoms with E-state index >= 15 is 0 Å². The maximum Gasteiger partial charge on any atom is 0.285 e. The van der Waals surface area contributed by atoms with Crippen molar-refractivity contribution in [3.8, 4) is 0 Å². The van der Waals surface area contributed by atoms with E-state index in [0.717, 1.165) is 25.2 Å². The van der Waals surface area contributed by atoms with Gasteiger partial charge in [-0.1, -0.05) is 35.9 Å². The number of H-pyrrole nitrogens is 1. The van der Waals surface area contributed by atoms with E-state index in [9.17, 15) is 4.79 Å². The van der Waals surface area contributed by atoms with Crippen LogP contribution in [0.4, 0.5) is 5.69 Å². The summed E-state index contributed by atoms with van der Waals surface area (Å²) in [5.41, 5.74) is 2.53. The van der Waals surface area contributed by atoms with E-state index in [4.69, 9.17) is 16.3 Å². The van der Waals surface area contributed by atoms with Crippen molar-refractivity contribution in [2.75, 3.05) is 18.4 Å². The molecule has 1 aliphatic rings. The quantitative estimate of drug-likeness (QED) is 0.855. The van der Waals surface area contributed by atoms with E-state index in [1.165, 1.54) is 11.8 Å². The van der Waals surface area contributed by atoms with Crippen LogP contribution in [0.15, 0.2) is 35.3 Å². The van der Waals surface area contributed by atoms with Crippen LogP contribution in [0.5, 0.6) is 0 Å². The molecule has 2 unspecified atom stereocenters. The Balaban J connectivity index is 1.57. The second kappa shape index (κ2) is 7.99. The average molecular weight is 363 g/mol. The van der Waals surface area contributed by atoms with Crippen molar-refractivity contribution in [3.05, 3.63) is 57.0 Å². The highest BCUT2D eigenvalue weighted by atomic mass is 35.5. The number of nitrogens with one attached hydrogen (secondary N) is 2. The Morgan fingerprint density at radius 1 is 1.24 bits per heavy atom. The van der Waals surface area contributed by atoms with Gasteiger partial charge in [0.25, 0.3) is 5.56 Å². The summed E-state index contributed by atoms with van der Waals surface area (Å²) < 4.78 is 5.77. The first-order chi connectivity index (χ1) is 12.0. The molecule has 2 N–H and O–H groups in total. The molecule has 3 rings (SSSR count). The molecule has 1 aromatic heterocycles. The van der Waals surface area contributed by atoms with Gasteiger partial charge in [0.05, 0.1) is 24.1 Å². The Morgan fingerprint density at radius 2 is 1.88 bits per heavy atom. The number of anilines is 1. The van der Waals surface area contributed by atoms with Crippen molar-refractivity contribution in [2.45, 2.75) is 39.1 Å². The van der Waals surface area contributed by atoms with Crippen LogP contribution in [0, 0.1) is 0 Å². The lowest BCUT2D eigenvalue weighted by atomic mass is 10.1. The minimum atomic E-state index is -0.393. The van der Waals surface area contributed by atoms with Crippen LogP contribution in [-0.4, -0.2) is 40.4 Å². The number of aromatic amines is 1. The topological polar surface area (TPSA) is 70.2 Å². The first-order valence-corrected chi connectivity index (χ1v) is 8.81. The minimum Gasteiger partial charge on any atom is -0.378 e. The van der Waals surface area contributed by atoms with Crippen molar-refractivity contribution in [2.24, 2.45) is 0 Å². The van der Waals surface area contributed by atoms with Gasteiger partial charge in [0.1, 0.15) is 5.02 Å². The molecule has 0 bridgehead atoms. The van der Waals surface area contributed by atoms with Crippen LogP contribution in [0.25, 0.3) is 0 Å². The molecule has 0 spiro atoms. The zero-order valence-electron chi connectivity index (χ0n) is 14.5. The first kappa shape index (κ1) is 17.9. The first-order valence-electron chi connectivity index (χ1n) is 8.44. The molecule has 2 heterocycles. The molecule has 2 atom stereocenters. The molecule has 1 fully saturated rings. The molecule has 1 aromatic carbocycles. The van der Waals surface area contributed by atoms with Crippen molar-refractivity contribution >= 4 is 17.3 Å². The highest BCUT2D eigenvalue weighted by molar-refractivity contribution is 6.32. The third kappa shape index (κ3) is 4.81. The number of halogens is 1. The Hall–Kier alpha value is -1.89. The molecule has 134 valence electrons. The molecule has 2 aromatic rings. The third-order valence-corrected chi connectivity index (χ3v) is 4.58. The number of morpholine rings is 1. The Bertz CT molecular complexity index is 752. The van der Waals surface area contributed by atoms with Gasteiger partial charge in [-0.2, -0.15) is 5.10 Å². The lowest BCUT2D eigenvalue weighted by molar-refractivity contribution is -0.0704. The smallest absolute Gasteiger partial charge is 0.285 e. The molecule has 25 heavy (non-hydrogen) atoms. The molecule has 0 amide bonds. The molecule has 1 aliphatic heterocycles. The largest absolute Gasteiger partial charge is 0.378 e. The van der Waals surface area contributed by atoms with Crippen LogP contribution in [-0.2, 0) is 17.8 Å². The Labute approximate surface area is 152 Å². The number of ether oxygens (including phenoxy) is 1. The second-order valence-corrected chi connectivity index (χ2v) is 6.93. The third-order valence-electron chi connectivity index (χ3n) is 4.20. The number of hydrogen-bond donors (Lipinski definition) is 2. The van der Waals surface area contributed by atoms with Crippen LogP contribution >= 0.6 is 11.6 Å². The SMILES string of the molecule is CC1CN(Cc2ccc(CNc3cn[nH]c(=O)c3Cl)cc2)CC(C)O1. The summed E-state index contributed by atoms with van der Waals surface area (Å²) in [6.07, 6.45) is 2.07. The number of benzene rings is 1. The predicted molar refractivity (Wildman–Crippen MR) is 98.9 cm³/mol. The fourth-order valence-corrected chi connectivity index (χ4v) is 3.30. The summed E-state index contributed by atoms with van der Waals surface area (Å²) in [6.45, 7) is 7.66. The van der Waals surface area contributed by atoms with E-state index in [-0.39, 0.29) is 17.2 Å². The number of hydrogen-bond acceptors (Lipinski definition) is 5. The summed E-state index contributed by atoms with van der Waals surface area (Å²) >= 11 is 5.95. The molecule has 1 saturated heterocycles. The number of rotatable bonds is 5. The fourth-order valence-electron chi connectivity index (χ4n) is 3.14. The summed E-state index contributed by atoms with van der Waals surface area (Å²) in [5.74, 6) is 0. The van der Waals surface area contributed by atoms with E-state index in [1.807, 2.05) is 0 Å². The van der Waals surface area contributed by atoms with Gasteiger partial charge in [-0.25, -0.2) is 5.10 Å². The number of nitrogens with zero attached hydrogens (tertiary/aromatic N) is 2. The van der Waals surface area contributed by atoms with Gasteiger partial charge in [-0.05, 0) is 25.0 Å². The van der Waals surface area contributed by atoms with Crippen LogP contribution in [0.2, 0.25) is 5.02 Å². The fraction of sp³-hybridized carbons (Fsp3) is 0.444. The molecular formula is C18H23ClN4O2. The molecule has 7 heteroatoms. The predicted octanol–water partition coefficient (Wildman–Crippen LogP) is 2.64. The molecular weight excluding hydrogens is 340 g/mol. The summed E-state index contributed by atoms with van der Waals surface area (Å²) in [4.78, 5) is 13.9. The lowest BCUT2D eigenvalue weighted by Crippen LogP contribution is -2.44. The average Bonchev–Trinajstić information content (AvgIpc) is 2.57. The van der Waals surface area contributed by atoms with Gasteiger partial charge >= 0.3 is 0 Å². The number of aromatic nitrogens is 2. The van der Waals surface area contributed by atoms with Gasteiger partial charge in [0.2, 0.25) is 0 Å². The van der Waals surface area contributed by atoms with E-state index in [1.54, 1.807) is 0 Å². The monoisotopic (exact) mass is 362 g/mol. The van der Waals surface area contributed by atoms with E-state index in [2.05, 4.69) is 58.5 Å². The van der Waals surface area contributed by atoms with E-state index in [0.29, 0.717) is 12.2 Å². The minimum absolute atomic E-state index is 0.127. The highest BCUT2D eigenvalue weighted by Crippen LogP contribution is 2.17. The van der Waals surface area contributed by atoms with Gasteiger partial charge in [0.15, 0.2) is 0 Å². The van der Waals surface area contributed by atoms with Crippen LogP contribution in [0.1, 0.15) is 25.0 Å². The summed E-state index contributed by atoms with van der Waals surface area (Å²) in [5, 5.41) is 9.32. The summed E-state index contributed by atoms with van der Waals surface area (Å²) in [7, 11) is 0. The molecule has 0 radical (unpaired) electrons. The summed E-state index contributed by atoms with van der Waals surface area (Å²) in [6, 6.07) is 8.45. The van der Waals surface area contributed by atoms with E-state index < -0.39 is 5.56 Å². The van der Waals surface area contributed by atoms with Crippen molar-refractivity contribution in [3.63, 3.8) is 0 Å². The van der Waals surface area contributed by atoms with Gasteiger partial charge in [-0.3, -0.25) is 9.69 Å². The molecule has 0 aliphatic carbocycles. The highest BCUT2D eigenvalue weighted by Gasteiger charge is 2.21. The van der Waals surface area contributed by atoms with Crippen LogP contribution in [0.3, 0.4) is 0 Å². The zero-order chi connectivity index (χ0) is 17.8. The standard InChI is InChI=1S/C18H23ClN4O2/c1-12-9-23(10-13(2)25-12)11-15-5-3-14(4-6-15)7-20-16-8-21-22-18(24)17(16)19/h3-6,8,12-13H,7,9-11H2,1-2H3,(H2,20,22,24). The van der Waals surface area contributed by atoms with Crippen molar-refractivity contribution in [1.82, 2.24) is 15.1 Å². The van der Waals surface area contributed by atoms with Crippen molar-refractivity contribution in [1.29, 1.82) is 0 Å². The van der Waals surface area contributed by atoms with Gasteiger partial charge < -0.3 is 10.1 Å². The maximum atomic E-state index is 11.4. The van der Waals surface area contributed by atoms with Gasteiger partial charge in [0, 0.05) is 26.2 Å². The lowest BCUT2D eigenvalue weighted by Gasteiger charge is -2.35. The molecule has 6 nitrogen and oxygen atoms in total. The second-order valence-electron chi connectivity index (χ2n) is 6.55. The van der Waals surface area contributed by atoms with Gasteiger partial charge in [-0.15, -0.1) is 0 Å². The Morgan fingerprint density at radius 3 is 2.56 bits per heavy atom.